The molecule has 1 saturated heterocycles. The molecule has 1 fully saturated rings. The second-order valence-corrected chi connectivity index (χ2v) is 5.66. The van der Waals surface area contributed by atoms with Gasteiger partial charge in [-0.25, -0.2) is 4.39 Å². The van der Waals surface area contributed by atoms with Gasteiger partial charge in [-0.15, -0.1) is 0 Å². The van der Waals surface area contributed by atoms with Gasteiger partial charge < -0.3 is 10.6 Å². The standard InChI is InChI=1S/C15H21FN2O/c1-15(11-17)6-8-18(9-7-15)14(19)10-12-4-2-3-5-13(12)16/h2-5H,6-11,17H2,1H3. The molecule has 104 valence electrons. The van der Waals surface area contributed by atoms with Gasteiger partial charge in [-0.3, -0.25) is 4.79 Å². The average molecular weight is 264 g/mol. The SMILES string of the molecule is CC1(CN)CCN(C(=O)Cc2ccccc2F)CC1. The average Bonchev–Trinajstić information content (AvgIpc) is 2.42. The third-order valence-electron chi connectivity index (χ3n) is 4.12. The number of nitrogens with two attached hydrogens (primary N) is 1. The Morgan fingerprint density at radius 1 is 1.37 bits per heavy atom. The number of carbonyl (C=O) groups is 1. The Bertz CT molecular complexity index is 453. The molecule has 2 rings (SSSR count). The molecule has 0 radical (unpaired) electrons. The highest BCUT2D eigenvalue weighted by Crippen LogP contribution is 2.29. The van der Waals surface area contributed by atoms with Crippen LogP contribution in [0.1, 0.15) is 25.3 Å². The van der Waals surface area contributed by atoms with E-state index in [0.29, 0.717) is 12.1 Å². The summed E-state index contributed by atoms with van der Waals surface area (Å²) in [6, 6.07) is 6.45. The molecule has 1 amide bonds. The van der Waals surface area contributed by atoms with E-state index in [1.54, 1.807) is 18.2 Å². The van der Waals surface area contributed by atoms with E-state index >= 15 is 0 Å². The minimum atomic E-state index is -0.306. The predicted molar refractivity (Wildman–Crippen MR) is 73.1 cm³/mol. The molecule has 2 N–H and O–H groups in total. The maximum Gasteiger partial charge on any atom is 0.227 e. The molecule has 0 unspecified atom stereocenters. The van der Waals surface area contributed by atoms with Crippen molar-refractivity contribution in [2.75, 3.05) is 19.6 Å². The smallest absolute Gasteiger partial charge is 0.227 e. The van der Waals surface area contributed by atoms with Gasteiger partial charge in [-0.2, -0.15) is 0 Å². The predicted octanol–water partition coefficient (Wildman–Crippen LogP) is 1.96. The van der Waals surface area contributed by atoms with Crippen molar-refractivity contribution in [2.24, 2.45) is 11.1 Å². The van der Waals surface area contributed by atoms with Crippen LogP contribution in [0.25, 0.3) is 0 Å². The molecular weight excluding hydrogens is 243 g/mol. The van der Waals surface area contributed by atoms with E-state index in [4.69, 9.17) is 5.73 Å². The van der Waals surface area contributed by atoms with E-state index in [1.165, 1.54) is 6.07 Å². The minimum Gasteiger partial charge on any atom is -0.342 e. The van der Waals surface area contributed by atoms with Crippen LogP contribution in [0.4, 0.5) is 4.39 Å². The number of piperidine rings is 1. The van der Waals surface area contributed by atoms with Crippen LogP contribution in [0.5, 0.6) is 0 Å². The first-order valence-electron chi connectivity index (χ1n) is 6.75. The largest absolute Gasteiger partial charge is 0.342 e. The van der Waals surface area contributed by atoms with E-state index in [2.05, 4.69) is 6.92 Å². The fourth-order valence-corrected chi connectivity index (χ4v) is 2.42. The van der Waals surface area contributed by atoms with Gasteiger partial charge in [0, 0.05) is 13.1 Å². The summed E-state index contributed by atoms with van der Waals surface area (Å²) in [5.74, 6) is -0.302. The van der Waals surface area contributed by atoms with E-state index in [9.17, 15) is 9.18 Å². The summed E-state index contributed by atoms with van der Waals surface area (Å²) in [5.41, 5.74) is 6.37. The molecule has 1 aliphatic rings. The lowest BCUT2D eigenvalue weighted by atomic mass is 9.80. The monoisotopic (exact) mass is 264 g/mol. The molecule has 0 spiro atoms. The van der Waals surface area contributed by atoms with Gasteiger partial charge >= 0.3 is 0 Å². The highest BCUT2D eigenvalue weighted by molar-refractivity contribution is 5.78. The van der Waals surface area contributed by atoms with Crippen molar-refractivity contribution in [3.63, 3.8) is 0 Å². The van der Waals surface area contributed by atoms with Crippen molar-refractivity contribution >= 4 is 5.91 Å². The zero-order chi connectivity index (χ0) is 13.9. The molecule has 0 aliphatic carbocycles. The van der Waals surface area contributed by atoms with Crippen molar-refractivity contribution in [1.82, 2.24) is 4.90 Å². The third-order valence-corrected chi connectivity index (χ3v) is 4.12. The van der Waals surface area contributed by atoms with Crippen molar-refractivity contribution in [2.45, 2.75) is 26.2 Å². The Balaban J connectivity index is 1.94. The van der Waals surface area contributed by atoms with Crippen LogP contribution in [0, 0.1) is 11.2 Å². The fourth-order valence-electron chi connectivity index (χ4n) is 2.42. The molecule has 0 atom stereocenters. The Morgan fingerprint density at radius 3 is 2.58 bits per heavy atom. The number of halogens is 1. The van der Waals surface area contributed by atoms with Crippen molar-refractivity contribution < 1.29 is 9.18 Å². The molecule has 1 aromatic rings. The number of hydrogen-bond donors (Lipinski definition) is 1. The quantitative estimate of drug-likeness (QED) is 0.907. The lowest BCUT2D eigenvalue weighted by molar-refractivity contribution is -0.132. The number of nitrogens with zero attached hydrogens (tertiary/aromatic N) is 1. The molecule has 0 bridgehead atoms. The molecule has 3 nitrogen and oxygen atoms in total. The molecule has 1 aliphatic heterocycles. The minimum absolute atomic E-state index is 0.00386. The van der Waals surface area contributed by atoms with Crippen LogP contribution in [-0.4, -0.2) is 30.4 Å². The first-order valence-corrected chi connectivity index (χ1v) is 6.75. The second kappa shape index (κ2) is 5.70. The van der Waals surface area contributed by atoms with E-state index < -0.39 is 0 Å². The Kier molecular flexibility index (Phi) is 4.20. The summed E-state index contributed by atoms with van der Waals surface area (Å²) in [4.78, 5) is 14.0. The number of hydrogen-bond acceptors (Lipinski definition) is 2. The number of carbonyl (C=O) groups excluding carboxylic acids is 1. The normalized spacial score (nSPS) is 18.4. The third kappa shape index (κ3) is 3.32. The van der Waals surface area contributed by atoms with Crippen LogP contribution >= 0.6 is 0 Å². The summed E-state index contributed by atoms with van der Waals surface area (Å²) in [6.45, 7) is 4.26. The van der Waals surface area contributed by atoms with Gasteiger partial charge in [-0.1, -0.05) is 25.1 Å². The lowest BCUT2D eigenvalue weighted by Crippen LogP contribution is -2.45. The lowest BCUT2D eigenvalue weighted by Gasteiger charge is -2.38. The van der Waals surface area contributed by atoms with Gasteiger partial charge in [0.1, 0.15) is 5.82 Å². The van der Waals surface area contributed by atoms with Crippen molar-refractivity contribution in [1.29, 1.82) is 0 Å². The molecule has 0 saturated carbocycles. The van der Waals surface area contributed by atoms with Crippen molar-refractivity contribution in [3.8, 4) is 0 Å². The first kappa shape index (κ1) is 14.0. The number of benzene rings is 1. The maximum absolute atomic E-state index is 13.5. The van der Waals surface area contributed by atoms with Gasteiger partial charge in [0.25, 0.3) is 0 Å². The zero-order valence-corrected chi connectivity index (χ0v) is 11.4. The number of amides is 1. The van der Waals surface area contributed by atoms with Crippen LogP contribution in [0.3, 0.4) is 0 Å². The van der Waals surface area contributed by atoms with Gasteiger partial charge in [0.15, 0.2) is 0 Å². The summed E-state index contributed by atoms with van der Waals surface area (Å²) in [5, 5.41) is 0. The summed E-state index contributed by atoms with van der Waals surface area (Å²) in [6.07, 6.45) is 1.99. The summed E-state index contributed by atoms with van der Waals surface area (Å²) >= 11 is 0. The molecule has 19 heavy (non-hydrogen) atoms. The van der Waals surface area contributed by atoms with E-state index in [1.807, 2.05) is 4.90 Å². The molecule has 1 aromatic carbocycles. The van der Waals surface area contributed by atoms with Crippen LogP contribution in [0.15, 0.2) is 24.3 Å². The topological polar surface area (TPSA) is 46.3 Å². The molecule has 1 heterocycles. The highest BCUT2D eigenvalue weighted by atomic mass is 19.1. The molecule has 0 aromatic heterocycles. The van der Waals surface area contributed by atoms with Gasteiger partial charge in [0.05, 0.1) is 6.42 Å². The van der Waals surface area contributed by atoms with E-state index in [0.717, 1.165) is 25.9 Å². The summed E-state index contributed by atoms with van der Waals surface area (Å²) < 4.78 is 13.5. The van der Waals surface area contributed by atoms with Gasteiger partial charge in [0.2, 0.25) is 5.91 Å². The first-order chi connectivity index (χ1) is 9.04. The number of likely N-dealkylation sites (tertiary alicyclic amines) is 1. The van der Waals surface area contributed by atoms with E-state index in [-0.39, 0.29) is 23.6 Å². The fraction of sp³-hybridized carbons (Fsp3) is 0.533. The summed E-state index contributed by atoms with van der Waals surface area (Å²) in [7, 11) is 0. The molecular formula is C15H21FN2O. The maximum atomic E-state index is 13.5. The Hall–Kier alpha value is -1.42. The Morgan fingerprint density at radius 2 is 2.00 bits per heavy atom. The second-order valence-electron chi connectivity index (χ2n) is 5.66. The highest BCUT2D eigenvalue weighted by Gasteiger charge is 2.30. The van der Waals surface area contributed by atoms with Crippen LogP contribution in [0.2, 0.25) is 0 Å². The number of rotatable bonds is 3. The molecule has 4 heteroatoms. The zero-order valence-electron chi connectivity index (χ0n) is 11.4. The Labute approximate surface area is 113 Å². The van der Waals surface area contributed by atoms with Gasteiger partial charge in [-0.05, 0) is 36.4 Å². The van der Waals surface area contributed by atoms with Crippen molar-refractivity contribution in [3.05, 3.63) is 35.6 Å². The van der Waals surface area contributed by atoms with Crippen LogP contribution in [-0.2, 0) is 11.2 Å². The van der Waals surface area contributed by atoms with Crippen LogP contribution < -0.4 is 5.73 Å².